The maximum atomic E-state index is 11.5. The first kappa shape index (κ1) is 15.7. The van der Waals surface area contributed by atoms with Gasteiger partial charge < -0.3 is 16.2 Å². The number of hydrogen-bond donors (Lipinski definition) is 3. The Labute approximate surface area is 103 Å². The molecule has 0 aliphatic heterocycles. The van der Waals surface area contributed by atoms with Gasteiger partial charge in [0.2, 0.25) is 5.91 Å². The molecule has 4 nitrogen and oxygen atoms in total. The first-order valence-corrected chi connectivity index (χ1v) is 5.77. The second kappa shape index (κ2) is 7.09. The van der Waals surface area contributed by atoms with Crippen LogP contribution in [0.4, 0.5) is 0 Å². The van der Waals surface area contributed by atoms with Crippen molar-refractivity contribution in [3.63, 3.8) is 0 Å². The van der Waals surface area contributed by atoms with Crippen molar-refractivity contribution in [2.45, 2.75) is 45.3 Å². The Balaban J connectivity index is 0.00000225. The molecule has 0 bridgehead atoms. The third kappa shape index (κ3) is 4.68. The van der Waals surface area contributed by atoms with Gasteiger partial charge in [0.25, 0.3) is 0 Å². The normalized spacial score (nSPS) is 20.5. The van der Waals surface area contributed by atoms with E-state index in [1.54, 1.807) is 0 Å². The first-order valence-electron chi connectivity index (χ1n) is 5.77. The van der Waals surface area contributed by atoms with Crippen LogP contribution in [0.15, 0.2) is 0 Å². The molecule has 3 atom stereocenters. The van der Waals surface area contributed by atoms with E-state index in [0.29, 0.717) is 12.5 Å². The molecule has 0 aromatic heterocycles. The molecular weight excluding hydrogens is 228 g/mol. The largest absolute Gasteiger partial charge is 0.391 e. The monoisotopic (exact) mass is 250 g/mol. The lowest BCUT2D eigenvalue weighted by atomic mass is 9.99. The van der Waals surface area contributed by atoms with Crippen molar-refractivity contribution < 1.29 is 9.90 Å². The van der Waals surface area contributed by atoms with Crippen LogP contribution in [0.25, 0.3) is 0 Å². The average Bonchev–Trinajstić information content (AvgIpc) is 3.06. The van der Waals surface area contributed by atoms with Gasteiger partial charge >= 0.3 is 0 Å². The highest BCUT2D eigenvalue weighted by Crippen LogP contribution is 2.32. The molecule has 3 unspecified atom stereocenters. The molecule has 96 valence electrons. The fourth-order valence-electron chi connectivity index (χ4n) is 1.48. The Morgan fingerprint density at radius 1 is 1.56 bits per heavy atom. The van der Waals surface area contributed by atoms with Gasteiger partial charge in [-0.15, -0.1) is 12.4 Å². The number of aliphatic hydroxyl groups excluding tert-OH is 1. The zero-order valence-electron chi connectivity index (χ0n) is 9.98. The zero-order chi connectivity index (χ0) is 11.4. The summed E-state index contributed by atoms with van der Waals surface area (Å²) in [5, 5.41) is 12.3. The summed E-state index contributed by atoms with van der Waals surface area (Å²) in [6, 6.07) is -0.457. The average molecular weight is 251 g/mol. The molecule has 0 aromatic carbocycles. The number of amides is 1. The Bertz CT molecular complexity index is 222. The minimum Gasteiger partial charge on any atom is -0.391 e. The molecule has 0 aromatic rings. The number of aliphatic hydroxyl groups is 1. The highest BCUT2D eigenvalue weighted by atomic mass is 35.5. The molecule has 0 spiro atoms. The summed E-state index contributed by atoms with van der Waals surface area (Å²) in [6.07, 6.45) is 2.65. The van der Waals surface area contributed by atoms with Gasteiger partial charge in [0.1, 0.15) is 0 Å². The number of rotatable bonds is 6. The molecule has 16 heavy (non-hydrogen) atoms. The topological polar surface area (TPSA) is 75.4 Å². The summed E-state index contributed by atoms with van der Waals surface area (Å²) in [5.41, 5.74) is 5.76. The lowest BCUT2D eigenvalue weighted by Gasteiger charge is -2.19. The van der Waals surface area contributed by atoms with Gasteiger partial charge in [0.05, 0.1) is 12.1 Å². The van der Waals surface area contributed by atoms with E-state index in [2.05, 4.69) is 5.32 Å². The summed E-state index contributed by atoms with van der Waals surface area (Å²) >= 11 is 0. The molecule has 5 heteroatoms. The standard InChI is InChI=1S/C11H22N2O2.ClH/c1-3-7(2)10(12)11(15)13-6-9(14)8-4-5-8;/h7-10,14H,3-6,12H2,1-2H3,(H,13,15);1H. The lowest BCUT2D eigenvalue weighted by molar-refractivity contribution is -0.123. The van der Waals surface area contributed by atoms with E-state index in [1.807, 2.05) is 13.8 Å². The van der Waals surface area contributed by atoms with Crippen LogP contribution in [-0.4, -0.2) is 29.7 Å². The third-order valence-corrected chi connectivity index (χ3v) is 3.21. The minimum absolute atomic E-state index is 0. The number of nitrogens with one attached hydrogen (secondary N) is 1. The molecule has 4 N–H and O–H groups in total. The SMILES string of the molecule is CCC(C)C(N)C(=O)NCC(O)C1CC1.Cl. The lowest BCUT2D eigenvalue weighted by Crippen LogP contribution is -2.46. The van der Waals surface area contributed by atoms with Crippen molar-refractivity contribution in [1.82, 2.24) is 5.32 Å². The predicted molar refractivity (Wildman–Crippen MR) is 66.4 cm³/mol. The fourth-order valence-corrected chi connectivity index (χ4v) is 1.48. The third-order valence-electron chi connectivity index (χ3n) is 3.21. The Hall–Kier alpha value is -0.320. The van der Waals surface area contributed by atoms with Crippen molar-refractivity contribution in [2.75, 3.05) is 6.54 Å². The van der Waals surface area contributed by atoms with Gasteiger partial charge in [-0.05, 0) is 24.7 Å². The quantitative estimate of drug-likeness (QED) is 0.649. The number of halogens is 1. The Morgan fingerprint density at radius 3 is 2.56 bits per heavy atom. The molecule has 1 fully saturated rings. The Morgan fingerprint density at radius 2 is 2.12 bits per heavy atom. The highest BCUT2D eigenvalue weighted by molar-refractivity contribution is 5.85. The predicted octanol–water partition coefficient (Wildman–Crippen LogP) is 0.669. The van der Waals surface area contributed by atoms with Gasteiger partial charge in [-0.3, -0.25) is 4.79 Å². The number of carbonyl (C=O) groups excluding carboxylic acids is 1. The summed E-state index contributed by atoms with van der Waals surface area (Å²) in [7, 11) is 0. The van der Waals surface area contributed by atoms with Gasteiger partial charge in [-0.2, -0.15) is 0 Å². The van der Waals surface area contributed by atoms with Crippen molar-refractivity contribution in [3.05, 3.63) is 0 Å². The van der Waals surface area contributed by atoms with Crippen LogP contribution in [0, 0.1) is 11.8 Å². The van der Waals surface area contributed by atoms with E-state index in [0.717, 1.165) is 19.3 Å². The fraction of sp³-hybridized carbons (Fsp3) is 0.909. The van der Waals surface area contributed by atoms with E-state index in [9.17, 15) is 9.90 Å². The maximum absolute atomic E-state index is 11.5. The van der Waals surface area contributed by atoms with Crippen molar-refractivity contribution in [3.8, 4) is 0 Å². The molecule has 1 amide bonds. The Kier molecular flexibility index (Phi) is 6.95. The molecule has 1 rings (SSSR count). The van der Waals surface area contributed by atoms with E-state index in [4.69, 9.17) is 5.73 Å². The van der Waals surface area contributed by atoms with Gasteiger partial charge in [0, 0.05) is 6.54 Å². The molecule has 0 heterocycles. The van der Waals surface area contributed by atoms with E-state index in [1.165, 1.54) is 0 Å². The van der Waals surface area contributed by atoms with Crippen LogP contribution >= 0.6 is 12.4 Å². The highest BCUT2D eigenvalue weighted by Gasteiger charge is 2.30. The molecular formula is C11H23ClN2O2. The summed E-state index contributed by atoms with van der Waals surface area (Å²) in [5.74, 6) is 0.428. The van der Waals surface area contributed by atoms with Crippen molar-refractivity contribution >= 4 is 18.3 Å². The van der Waals surface area contributed by atoms with Crippen LogP contribution in [0.3, 0.4) is 0 Å². The minimum atomic E-state index is -0.457. The molecule has 1 aliphatic rings. The van der Waals surface area contributed by atoms with Crippen molar-refractivity contribution in [1.29, 1.82) is 0 Å². The van der Waals surface area contributed by atoms with Crippen LogP contribution in [0.2, 0.25) is 0 Å². The summed E-state index contributed by atoms with van der Waals surface area (Å²) in [4.78, 5) is 11.5. The van der Waals surface area contributed by atoms with Crippen LogP contribution < -0.4 is 11.1 Å². The first-order chi connectivity index (χ1) is 7.06. The number of carbonyl (C=O) groups is 1. The van der Waals surface area contributed by atoms with Crippen LogP contribution in [0.1, 0.15) is 33.1 Å². The summed E-state index contributed by atoms with van der Waals surface area (Å²) in [6.45, 7) is 4.31. The second-order valence-corrected chi connectivity index (χ2v) is 4.56. The van der Waals surface area contributed by atoms with Gasteiger partial charge in [0.15, 0.2) is 0 Å². The van der Waals surface area contributed by atoms with Crippen molar-refractivity contribution in [2.24, 2.45) is 17.6 Å². The number of hydrogen-bond acceptors (Lipinski definition) is 3. The molecule has 0 saturated heterocycles. The van der Waals surface area contributed by atoms with E-state index in [-0.39, 0.29) is 24.2 Å². The van der Waals surface area contributed by atoms with Gasteiger partial charge in [-0.25, -0.2) is 0 Å². The maximum Gasteiger partial charge on any atom is 0.237 e. The van der Waals surface area contributed by atoms with E-state index < -0.39 is 12.1 Å². The summed E-state index contributed by atoms with van der Waals surface area (Å²) < 4.78 is 0. The smallest absolute Gasteiger partial charge is 0.237 e. The van der Waals surface area contributed by atoms with Gasteiger partial charge in [-0.1, -0.05) is 20.3 Å². The van der Waals surface area contributed by atoms with E-state index >= 15 is 0 Å². The van der Waals surface area contributed by atoms with Crippen LogP contribution in [-0.2, 0) is 4.79 Å². The van der Waals surface area contributed by atoms with Crippen LogP contribution in [0.5, 0.6) is 0 Å². The zero-order valence-corrected chi connectivity index (χ0v) is 10.8. The molecule has 1 aliphatic carbocycles. The molecule has 1 saturated carbocycles. The number of nitrogens with two attached hydrogens (primary N) is 1. The molecule has 0 radical (unpaired) electrons. The second-order valence-electron chi connectivity index (χ2n) is 4.56.